The number of nitrogens with zero attached hydrogens (tertiary/aromatic N) is 5. The Morgan fingerprint density at radius 2 is 1.87 bits per heavy atom. The third kappa shape index (κ3) is 3.80. The third-order valence-corrected chi connectivity index (χ3v) is 5.39. The lowest BCUT2D eigenvalue weighted by Crippen LogP contribution is -2.43. The summed E-state index contributed by atoms with van der Waals surface area (Å²) in [5, 5.41) is 16.5. The van der Waals surface area contributed by atoms with Crippen molar-refractivity contribution in [2.75, 3.05) is 5.32 Å². The summed E-state index contributed by atoms with van der Waals surface area (Å²) in [6.07, 6.45) is 2.91. The van der Waals surface area contributed by atoms with Crippen molar-refractivity contribution >= 4 is 11.6 Å². The number of nitriles is 1. The fourth-order valence-electron chi connectivity index (χ4n) is 3.54. The van der Waals surface area contributed by atoms with Crippen molar-refractivity contribution in [3.8, 4) is 11.8 Å². The zero-order valence-corrected chi connectivity index (χ0v) is 17.5. The quantitative estimate of drug-likeness (QED) is 0.680. The SMILES string of the molecule is Cc1ccc(-n2nc(C)c(NC(=O)Cn3c(=O)c(C#N)cn(C4CC4)c3=O)c2C)cc1. The van der Waals surface area contributed by atoms with E-state index in [1.807, 2.05) is 44.2 Å². The second kappa shape index (κ2) is 7.72. The lowest BCUT2D eigenvalue weighted by Gasteiger charge is -2.11. The first-order chi connectivity index (χ1) is 14.8. The molecule has 1 aliphatic carbocycles. The predicted molar refractivity (Wildman–Crippen MR) is 114 cm³/mol. The van der Waals surface area contributed by atoms with Gasteiger partial charge in [-0.15, -0.1) is 0 Å². The van der Waals surface area contributed by atoms with Gasteiger partial charge in [-0.25, -0.2) is 14.0 Å². The Morgan fingerprint density at radius 1 is 1.19 bits per heavy atom. The molecule has 9 heteroatoms. The summed E-state index contributed by atoms with van der Waals surface area (Å²) in [5.74, 6) is -0.536. The third-order valence-electron chi connectivity index (χ3n) is 5.39. The van der Waals surface area contributed by atoms with Gasteiger partial charge in [0.15, 0.2) is 0 Å². The Labute approximate surface area is 178 Å². The molecule has 0 saturated heterocycles. The van der Waals surface area contributed by atoms with E-state index in [-0.39, 0.29) is 11.6 Å². The normalized spacial score (nSPS) is 13.1. The minimum absolute atomic E-state index is 0.0215. The van der Waals surface area contributed by atoms with E-state index >= 15 is 0 Å². The first-order valence-corrected chi connectivity index (χ1v) is 9.99. The average molecular weight is 418 g/mol. The van der Waals surface area contributed by atoms with Gasteiger partial charge in [-0.3, -0.25) is 14.2 Å². The summed E-state index contributed by atoms with van der Waals surface area (Å²) in [7, 11) is 0. The Bertz CT molecular complexity index is 1330. The molecule has 1 N–H and O–H groups in total. The van der Waals surface area contributed by atoms with Crippen LogP contribution in [-0.2, 0) is 11.3 Å². The molecule has 2 heterocycles. The van der Waals surface area contributed by atoms with Gasteiger partial charge in [0.05, 0.1) is 22.8 Å². The lowest BCUT2D eigenvalue weighted by molar-refractivity contribution is -0.116. The lowest BCUT2D eigenvalue weighted by atomic mass is 10.2. The summed E-state index contributed by atoms with van der Waals surface area (Å²) in [6, 6.07) is 9.62. The number of aromatic nitrogens is 4. The second-order valence-electron chi connectivity index (χ2n) is 7.81. The van der Waals surface area contributed by atoms with Crippen LogP contribution in [0.5, 0.6) is 0 Å². The summed E-state index contributed by atoms with van der Waals surface area (Å²) >= 11 is 0. The summed E-state index contributed by atoms with van der Waals surface area (Å²) in [5.41, 5.74) is 2.35. The molecular formula is C22H22N6O3. The topological polar surface area (TPSA) is 115 Å². The highest BCUT2D eigenvalue weighted by Crippen LogP contribution is 2.33. The van der Waals surface area contributed by atoms with Crippen molar-refractivity contribution in [2.45, 2.75) is 46.2 Å². The number of hydrogen-bond donors (Lipinski definition) is 1. The van der Waals surface area contributed by atoms with E-state index in [0.717, 1.165) is 34.4 Å². The minimum Gasteiger partial charge on any atom is -0.321 e. The number of hydrogen-bond acceptors (Lipinski definition) is 5. The highest BCUT2D eigenvalue weighted by Gasteiger charge is 2.27. The van der Waals surface area contributed by atoms with Crippen LogP contribution >= 0.6 is 0 Å². The maximum atomic E-state index is 12.7. The van der Waals surface area contributed by atoms with Gasteiger partial charge in [-0.2, -0.15) is 10.4 Å². The highest BCUT2D eigenvalue weighted by atomic mass is 16.2. The molecular weight excluding hydrogens is 396 g/mol. The van der Waals surface area contributed by atoms with Crippen molar-refractivity contribution in [3.63, 3.8) is 0 Å². The van der Waals surface area contributed by atoms with Crippen LogP contribution in [0.25, 0.3) is 5.69 Å². The number of carbonyl (C=O) groups excluding carboxylic acids is 1. The minimum atomic E-state index is -0.761. The number of amides is 1. The molecule has 1 fully saturated rings. The molecule has 31 heavy (non-hydrogen) atoms. The molecule has 0 bridgehead atoms. The first-order valence-electron chi connectivity index (χ1n) is 9.99. The molecule has 1 aromatic carbocycles. The van der Waals surface area contributed by atoms with Crippen molar-refractivity contribution < 1.29 is 4.79 Å². The standard InChI is InChI=1S/C22H22N6O3/c1-13-4-6-18(7-5-13)28-15(3)20(14(2)25-28)24-19(29)12-27-21(30)16(10-23)11-26(22(27)31)17-8-9-17/h4-7,11,17H,8-9,12H2,1-3H3,(H,24,29). The van der Waals surface area contributed by atoms with E-state index < -0.39 is 23.7 Å². The molecule has 3 aromatic rings. The molecule has 1 aliphatic rings. The maximum absolute atomic E-state index is 12.7. The van der Waals surface area contributed by atoms with E-state index in [0.29, 0.717) is 11.4 Å². The largest absolute Gasteiger partial charge is 0.331 e. The number of nitrogens with one attached hydrogen (secondary N) is 1. The van der Waals surface area contributed by atoms with E-state index in [9.17, 15) is 19.6 Å². The monoisotopic (exact) mass is 418 g/mol. The number of carbonyl (C=O) groups is 1. The van der Waals surface area contributed by atoms with Crippen molar-refractivity contribution in [1.82, 2.24) is 18.9 Å². The smallest absolute Gasteiger partial charge is 0.321 e. The predicted octanol–water partition coefficient (Wildman–Crippen LogP) is 1.97. The number of anilines is 1. The molecule has 4 rings (SSSR count). The van der Waals surface area contributed by atoms with Gasteiger partial charge in [0.25, 0.3) is 5.56 Å². The van der Waals surface area contributed by atoms with E-state index in [1.165, 1.54) is 10.8 Å². The summed E-state index contributed by atoms with van der Waals surface area (Å²) in [6.45, 7) is 5.12. The number of benzene rings is 1. The van der Waals surface area contributed by atoms with Crippen molar-refractivity contribution in [1.29, 1.82) is 5.26 Å². The molecule has 9 nitrogen and oxygen atoms in total. The molecule has 0 aliphatic heterocycles. The van der Waals surface area contributed by atoms with Gasteiger partial charge in [0, 0.05) is 12.2 Å². The molecule has 2 aromatic heterocycles. The second-order valence-corrected chi connectivity index (χ2v) is 7.81. The highest BCUT2D eigenvalue weighted by molar-refractivity contribution is 5.91. The Morgan fingerprint density at radius 3 is 2.48 bits per heavy atom. The molecule has 0 spiro atoms. The number of aryl methyl sites for hydroxylation is 2. The summed E-state index contributed by atoms with van der Waals surface area (Å²) < 4.78 is 3.92. The fourth-order valence-corrected chi connectivity index (χ4v) is 3.54. The van der Waals surface area contributed by atoms with Gasteiger partial charge in [0.2, 0.25) is 5.91 Å². The van der Waals surface area contributed by atoms with E-state index in [2.05, 4.69) is 10.4 Å². The van der Waals surface area contributed by atoms with Crippen LogP contribution in [0, 0.1) is 32.1 Å². The molecule has 1 saturated carbocycles. The fraction of sp³-hybridized carbons (Fsp3) is 0.318. The van der Waals surface area contributed by atoms with Crippen LogP contribution in [0.4, 0.5) is 5.69 Å². The van der Waals surface area contributed by atoms with Crippen LogP contribution in [0.2, 0.25) is 0 Å². The Balaban J connectivity index is 1.63. The van der Waals surface area contributed by atoms with Gasteiger partial charge < -0.3 is 5.32 Å². The Kier molecular flexibility index (Phi) is 5.07. The number of rotatable bonds is 5. The summed E-state index contributed by atoms with van der Waals surface area (Å²) in [4.78, 5) is 37.9. The van der Waals surface area contributed by atoms with Crippen LogP contribution < -0.4 is 16.6 Å². The zero-order chi connectivity index (χ0) is 22.3. The first kappa shape index (κ1) is 20.3. The van der Waals surface area contributed by atoms with E-state index in [1.54, 1.807) is 11.6 Å². The van der Waals surface area contributed by atoms with Crippen LogP contribution in [-0.4, -0.2) is 24.8 Å². The molecule has 0 unspecified atom stereocenters. The molecule has 1 amide bonds. The van der Waals surface area contributed by atoms with Crippen molar-refractivity contribution in [3.05, 3.63) is 73.8 Å². The molecule has 0 atom stereocenters. The van der Waals surface area contributed by atoms with Crippen molar-refractivity contribution in [2.24, 2.45) is 0 Å². The Hall–Kier alpha value is -3.93. The molecule has 0 radical (unpaired) electrons. The van der Waals surface area contributed by atoms with Gasteiger partial charge in [0.1, 0.15) is 18.2 Å². The van der Waals surface area contributed by atoms with Gasteiger partial charge >= 0.3 is 5.69 Å². The zero-order valence-electron chi connectivity index (χ0n) is 17.5. The van der Waals surface area contributed by atoms with Gasteiger partial charge in [-0.05, 0) is 45.7 Å². The van der Waals surface area contributed by atoms with Crippen LogP contribution in [0.15, 0.2) is 40.1 Å². The molecule has 158 valence electrons. The maximum Gasteiger partial charge on any atom is 0.331 e. The van der Waals surface area contributed by atoms with Crippen LogP contribution in [0.3, 0.4) is 0 Å². The van der Waals surface area contributed by atoms with Crippen LogP contribution in [0.1, 0.15) is 41.4 Å². The van der Waals surface area contributed by atoms with Gasteiger partial charge in [-0.1, -0.05) is 17.7 Å². The average Bonchev–Trinajstić information content (AvgIpc) is 3.55. The van der Waals surface area contributed by atoms with E-state index in [4.69, 9.17) is 0 Å².